The smallest absolute Gasteiger partial charge is 0.338 e. The summed E-state index contributed by atoms with van der Waals surface area (Å²) in [7, 11) is 0. The minimum absolute atomic E-state index is 0.260. The zero-order chi connectivity index (χ0) is 18.2. The predicted molar refractivity (Wildman–Crippen MR) is 98.0 cm³/mol. The van der Waals surface area contributed by atoms with Gasteiger partial charge in [-0.05, 0) is 50.6 Å². The number of ether oxygens (including phenoxy) is 1. The van der Waals surface area contributed by atoms with Crippen LogP contribution in [0, 0.1) is 0 Å². The van der Waals surface area contributed by atoms with Gasteiger partial charge in [0.15, 0.2) is 0 Å². The normalized spacial score (nSPS) is 11.5. The van der Waals surface area contributed by atoms with Crippen LogP contribution in [0.5, 0.6) is 0 Å². The number of anilines is 2. The highest BCUT2D eigenvalue weighted by molar-refractivity contribution is 6.04. The largest absolute Gasteiger partial charge is 0.462 e. The second-order valence-corrected chi connectivity index (χ2v) is 5.67. The first-order chi connectivity index (χ1) is 12.0. The zero-order valence-corrected chi connectivity index (χ0v) is 14.7. The lowest BCUT2D eigenvalue weighted by atomic mass is 10.2. The number of carbonyl (C=O) groups is 2. The van der Waals surface area contributed by atoms with Crippen molar-refractivity contribution < 1.29 is 14.3 Å². The lowest BCUT2D eigenvalue weighted by Gasteiger charge is -2.13. The number of amides is 1. The Labute approximate surface area is 147 Å². The number of pyridine rings is 1. The topological polar surface area (TPSA) is 80.3 Å². The summed E-state index contributed by atoms with van der Waals surface area (Å²) in [5.41, 5.74) is 2.31. The highest BCUT2D eigenvalue weighted by Crippen LogP contribution is 2.15. The van der Waals surface area contributed by atoms with Crippen LogP contribution in [0.3, 0.4) is 0 Å². The molecule has 0 radical (unpaired) electrons. The van der Waals surface area contributed by atoms with Gasteiger partial charge in [-0.15, -0.1) is 0 Å². The van der Waals surface area contributed by atoms with E-state index in [1.165, 1.54) is 6.20 Å². The molecule has 0 aliphatic rings. The fourth-order valence-electron chi connectivity index (χ4n) is 2.14. The van der Waals surface area contributed by atoms with Crippen molar-refractivity contribution in [2.75, 3.05) is 17.2 Å². The van der Waals surface area contributed by atoms with Crippen LogP contribution in [0.1, 0.15) is 47.9 Å². The lowest BCUT2D eigenvalue weighted by Crippen LogP contribution is -2.16. The van der Waals surface area contributed by atoms with Crippen LogP contribution in [0.2, 0.25) is 0 Å². The number of rotatable bonds is 7. The summed E-state index contributed by atoms with van der Waals surface area (Å²) in [6.45, 7) is 6.23. The van der Waals surface area contributed by atoms with Crippen molar-refractivity contribution in [3.63, 3.8) is 0 Å². The van der Waals surface area contributed by atoms with Crippen LogP contribution in [-0.4, -0.2) is 29.5 Å². The number of hydrogen-bond acceptors (Lipinski definition) is 5. The van der Waals surface area contributed by atoms with Gasteiger partial charge >= 0.3 is 5.97 Å². The molecule has 2 aromatic rings. The number of esters is 1. The van der Waals surface area contributed by atoms with Crippen LogP contribution in [0.15, 0.2) is 42.7 Å². The Morgan fingerprint density at radius 2 is 1.80 bits per heavy atom. The third-order valence-corrected chi connectivity index (χ3v) is 3.68. The minimum atomic E-state index is -0.381. The summed E-state index contributed by atoms with van der Waals surface area (Å²) in [4.78, 5) is 28.1. The summed E-state index contributed by atoms with van der Waals surface area (Å²) in [5, 5.41) is 6.08. The van der Waals surface area contributed by atoms with Gasteiger partial charge in [0.1, 0.15) is 0 Å². The first kappa shape index (κ1) is 18.4. The summed E-state index contributed by atoms with van der Waals surface area (Å²) in [6.07, 6.45) is 4.18. The zero-order valence-electron chi connectivity index (χ0n) is 14.7. The van der Waals surface area contributed by atoms with Crippen LogP contribution in [0.25, 0.3) is 0 Å². The number of aromatic nitrogens is 1. The molecule has 0 fully saturated rings. The maximum Gasteiger partial charge on any atom is 0.338 e. The number of carbonyl (C=O) groups excluding carboxylic acids is 2. The molecule has 1 aromatic carbocycles. The average molecular weight is 341 g/mol. The Hall–Kier alpha value is -2.89. The first-order valence-corrected chi connectivity index (χ1v) is 8.33. The molecule has 1 atom stereocenters. The van der Waals surface area contributed by atoms with E-state index in [2.05, 4.69) is 29.5 Å². The Morgan fingerprint density at radius 3 is 2.44 bits per heavy atom. The second-order valence-electron chi connectivity index (χ2n) is 5.67. The number of nitrogens with zero attached hydrogens (tertiary/aromatic N) is 1. The number of hydrogen-bond donors (Lipinski definition) is 2. The summed E-state index contributed by atoms with van der Waals surface area (Å²) in [6, 6.07) is 8.63. The number of nitrogens with one attached hydrogen (secondary N) is 2. The van der Waals surface area contributed by atoms with E-state index < -0.39 is 0 Å². The van der Waals surface area contributed by atoms with E-state index in [4.69, 9.17) is 4.74 Å². The van der Waals surface area contributed by atoms with Gasteiger partial charge in [-0.1, -0.05) is 6.92 Å². The molecule has 1 heterocycles. The van der Waals surface area contributed by atoms with Crippen LogP contribution in [-0.2, 0) is 4.74 Å². The van der Waals surface area contributed by atoms with E-state index in [9.17, 15) is 9.59 Å². The van der Waals surface area contributed by atoms with Crippen LogP contribution < -0.4 is 10.6 Å². The summed E-state index contributed by atoms with van der Waals surface area (Å²) < 4.78 is 4.93. The molecule has 2 rings (SSSR count). The van der Waals surface area contributed by atoms with E-state index >= 15 is 0 Å². The fourth-order valence-corrected chi connectivity index (χ4v) is 2.14. The van der Waals surface area contributed by atoms with Crippen molar-refractivity contribution in [1.29, 1.82) is 0 Å². The lowest BCUT2D eigenvalue weighted by molar-refractivity contribution is 0.0526. The molecular formula is C19H23N3O3. The molecular weight excluding hydrogens is 318 g/mol. The molecule has 1 aromatic heterocycles. The minimum Gasteiger partial charge on any atom is -0.462 e. The molecule has 0 spiro atoms. The summed E-state index contributed by atoms with van der Waals surface area (Å²) >= 11 is 0. The Bertz CT molecular complexity index is 729. The van der Waals surface area contributed by atoms with E-state index in [0.29, 0.717) is 29.5 Å². The van der Waals surface area contributed by atoms with E-state index in [1.54, 1.807) is 43.5 Å². The highest BCUT2D eigenvalue weighted by Gasteiger charge is 2.10. The summed E-state index contributed by atoms with van der Waals surface area (Å²) in [5.74, 6) is -0.641. The third kappa shape index (κ3) is 5.31. The Morgan fingerprint density at radius 1 is 1.08 bits per heavy atom. The molecule has 0 saturated carbocycles. The molecule has 6 nitrogen and oxygen atoms in total. The average Bonchev–Trinajstić information content (AvgIpc) is 2.62. The SMILES string of the molecule is CCOC(=O)c1ccc(NC(=O)c2cncc(NC(C)CC)c2)cc1. The molecule has 0 aliphatic carbocycles. The molecule has 1 amide bonds. The van der Waals surface area contributed by atoms with Gasteiger partial charge in [0.2, 0.25) is 0 Å². The van der Waals surface area contributed by atoms with Gasteiger partial charge < -0.3 is 15.4 Å². The van der Waals surface area contributed by atoms with Gasteiger partial charge in [0, 0.05) is 24.1 Å². The van der Waals surface area contributed by atoms with E-state index in [-0.39, 0.29) is 11.9 Å². The van der Waals surface area contributed by atoms with Crippen molar-refractivity contribution in [3.05, 3.63) is 53.9 Å². The first-order valence-electron chi connectivity index (χ1n) is 8.33. The Balaban J connectivity index is 2.04. The van der Waals surface area contributed by atoms with Gasteiger partial charge in [-0.3, -0.25) is 9.78 Å². The fraction of sp³-hybridized carbons (Fsp3) is 0.316. The molecule has 25 heavy (non-hydrogen) atoms. The van der Waals surface area contributed by atoms with Crippen molar-refractivity contribution >= 4 is 23.3 Å². The second kappa shape index (κ2) is 8.82. The van der Waals surface area contributed by atoms with Crippen LogP contribution in [0.4, 0.5) is 11.4 Å². The van der Waals surface area contributed by atoms with Crippen molar-refractivity contribution in [3.8, 4) is 0 Å². The molecule has 6 heteroatoms. The van der Waals surface area contributed by atoms with Gasteiger partial charge in [-0.2, -0.15) is 0 Å². The molecule has 0 saturated heterocycles. The molecule has 0 aliphatic heterocycles. The van der Waals surface area contributed by atoms with E-state index in [0.717, 1.165) is 12.1 Å². The monoisotopic (exact) mass is 341 g/mol. The van der Waals surface area contributed by atoms with Gasteiger partial charge in [0.25, 0.3) is 5.91 Å². The molecule has 2 N–H and O–H groups in total. The van der Waals surface area contributed by atoms with Crippen molar-refractivity contribution in [1.82, 2.24) is 4.98 Å². The highest BCUT2D eigenvalue weighted by atomic mass is 16.5. The number of benzene rings is 1. The molecule has 132 valence electrons. The van der Waals surface area contributed by atoms with Crippen molar-refractivity contribution in [2.45, 2.75) is 33.2 Å². The van der Waals surface area contributed by atoms with Crippen molar-refractivity contribution in [2.24, 2.45) is 0 Å². The van der Waals surface area contributed by atoms with Gasteiger partial charge in [-0.25, -0.2) is 4.79 Å². The standard InChI is InChI=1S/C19H23N3O3/c1-4-13(3)21-17-10-15(11-20-12-17)18(23)22-16-8-6-14(7-9-16)19(24)25-5-2/h6-13,21H,4-5H2,1-3H3,(H,22,23). The quantitative estimate of drug-likeness (QED) is 0.750. The third-order valence-electron chi connectivity index (χ3n) is 3.68. The predicted octanol–water partition coefficient (Wildman–Crippen LogP) is 3.72. The van der Waals surface area contributed by atoms with Crippen LogP contribution >= 0.6 is 0 Å². The molecule has 0 bridgehead atoms. The maximum atomic E-state index is 12.4. The van der Waals surface area contributed by atoms with E-state index in [1.807, 2.05) is 0 Å². The van der Waals surface area contributed by atoms with Gasteiger partial charge in [0.05, 0.1) is 23.4 Å². The Kier molecular flexibility index (Phi) is 6.51. The maximum absolute atomic E-state index is 12.4. The molecule has 1 unspecified atom stereocenters.